The van der Waals surface area contributed by atoms with Crippen molar-refractivity contribution in [3.8, 4) is 0 Å². The summed E-state index contributed by atoms with van der Waals surface area (Å²) in [6.45, 7) is 3.39. The largest absolute Gasteiger partial charge is 0.356 e. The number of H-pyrrole nitrogens is 1. The van der Waals surface area contributed by atoms with Crippen LogP contribution < -0.4 is 15.6 Å². The van der Waals surface area contributed by atoms with Gasteiger partial charge < -0.3 is 4.98 Å². The number of hydrogen-bond donors (Lipinski definition) is 4. The van der Waals surface area contributed by atoms with Crippen LogP contribution in [0.15, 0.2) is 45.9 Å². The lowest BCUT2D eigenvalue weighted by Crippen LogP contribution is -2.41. The second-order valence-electron chi connectivity index (χ2n) is 5.44. The number of carbonyl (C=O) groups is 2. The Morgan fingerprint density at radius 1 is 1.12 bits per heavy atom. The van der Waals surface area contributed by atoms with E-state index in [0.29, 0.717) is 4.47 Å². The van der Waals surface area contributed by atoms with E-state index in [-0.39, 0.29) is 22.2 Å². The van der Waals surface area contributed by atoms with Crippen LogP contribution in [0.5, 0.6) is 0 Å². The van der Waals surface area contributed by atoms with Gasteiger partial charge in [0.05, 0.1) is 4.90 Å². The third-order valence-corrected chi connectivity index (χ3v) is 5.09. The number of carbonyl (C=O) groups excluding carboxylic acids is 2. The molecule has 10 heteroatoms. The molecular formula is C15H17BrN4O4S. The minimum Gasteiger partial charge on any atom is -0.356 e. The van der Waals surface area contributed by atoms with E-state index >= 15 is 0 Å². The Kier molecular flexibility index (Phi) is 5.98. The monoisotopic (exact) mass is 428 g/mol. The zero-order valence-electron chi connectivity index (χ0n) is 13.5. The van der Waals surface area contributed by atoms with Crippen LogP contribution in [-0.4, -0.2) is 31.3 Å². The van der Waals surface area contributed by atoms with Crippen LogP contribution in [0.3, 0.4) is 0 Å². The van der Waals surface area contributed by atoms with Gasteiger partial charge in [0.1, 0.15) is 5.69 Å². The molecule has 4 N–H and O–H groups in total. The first-order chi connectivity index (χ1) is 11.7. The Bertz CT molecular complexity index is 892. The van der Waals surface area contributed by atoms with E-state index in [2.05, 4.69) is 36.5 Å². The lowest BCUT2D eigenvalue weighted by atomic mass is 10.2. The number of halogens is 1. The number of hydrogen-bond acceptors (Lipinski definition) is 4. The normalized spacial score (nSPS) is 11.4. The van der Waals surface area contributed by atoms with E-state index in [4.69, 9.17) is 0 Å². The molecule has 0 saturated carbocycles. The quantitative estimate of drug-likeness (QED) is 0.539. The van der Waals surface area contributed by atoms with Crippen LogP contribution in [0.25, 0.3) is 0 Å². The number of benzene rings is 1. The molecule has 0 aliphatic rings. The number of hydrazine groups is 1. The number of rotatable bonds is 5. The summed E-state index contributed by atoms with van der Waals surface area (Å²) in [5.41, 5.74) is 4.83. The van der Waals surface area contributed by atoms with Crippen molar-refractivity contribution in [3.63, 3.8) is 0 Å². The van der Waals surface area contributed by atoms with Crippen molar-refractivity contribution in [1.82, 2.24) is 20.6 Å². The van der Waals surface area contributed by atoms with Gasteiger partial charge in [-0.15, -0.1) is 0 Å². The molecule has 0 atom stereocenters. The standard InChI is InChI=1S/C15H17BrN4O4S/c1-9(2)20-25(23,24)12-5-3-4-10(6-12)14(21)18-19-15(22)13-7-11(16)8-17-13/h3-9,17,20H,1-2H3,(H,18,21)(H,19,22). The van der Waals surface area contributed by atoms with E-state index in [0.717, 1.165) is 0 Å². The first-order valence-electron chi connectivity index (χ1n) is 7.26. The molecule has 1 heterocycles. The van der Waals surface area contributed by atoms with E-state index in [1.54, 1.807) is 26.1 Å². The zero-order chi connectivity index (χ0) is 18.6. The van der Waals surface area contributed by atoms with Gasteiger partial charge in [-0.1, -0.05) is 6.07 Å². The molecular weight excluding hydrogens is 412 g/mol. The Morgan fingerprint density at radius 3 is 2.40 bits per heavy atom. The average Bonchev–Trinajstić information content (AvgIpc) is 2.98. The smallest absolute Gasteiger partial charge is 0.286 e. The highest BCUT2D eigenvalue weighted by Crippen LogP contribution is 2.12. The van der Waals surface area contributed by atoms with E-state index in [9.17, 15) is 18.0 Å². The average molecular weight is 429 g/mol. The minimum absolute atomic E-state index is 0.0338. The SMILES string of the molecule is CC(C)NS(=O)(=O)c1cccc(C(=O)NNC(=O)c2cc(Br)c[nH]2)c1. The van der Waals surface area contributed by atoms with Crippen molar-refractivity contribution in [2.75, 3.05) is 0 Å². The topological polar surface area (TPSA) is 120 Å². The minimum atomic E-state index is -3.71. The fraction of sp³-hybridized carbons (Fsp3) is 0.200. The molecule has 0 aliphatic carbocycles. The number of aromatic amines is 1. The molecule has 0 aliphatic heterocycles. The number of amides is 2. The van der Waals surface area contributed by atoms with E-state index < -0.39 is 21.8 Å². The molecule has 0 unspecified atom stereocenters. The lowest BCUT2D eigenvalue weighted by Gasteiger charge is -2.11. The summed E-state index contributed by atoms with van der Waals surface area (Å²) in [5, 5.41) is 0. The molecule has 8 nitrogen and oxygen atoms in total. The fourth-order valence-electron chi connectivity index (χ4n) is 1.93. The maximum Gasteiger partial charge on any atom is 0.286 e. The molecule has 2 aromatic rings. The summed E-state index contributed by atoms with van der Waals surface area (Å²) in [7, 11) is -3.71. The van der Waals surface area contributed by atoms with E-state index in [1.165, 1.54) is 24.3 Å². The molecule has 2 amide bonds. The molecule has 0 saturated heterocycles. The van der Waals surface area contributed by atoms with E-state index in [1.807, 2.05) is 0 Å². The highest BCUT2D eigenvalue weighted by atomic mass is 79.9. The highest BCUT2D eigenvalue weighted by molar-refractivity contribution is 9.10. The van der Waals surface area contributed by atoms with Crippen molar-refractivity contribution >= 4 is 37.8 Å². The number of aromatic nitrogens is 1. The van der Waals surface area contributed by atoms with Crippen LogP contribution in [0.1, 0.15) is 34.7 Å². The van der Waals surface area contributed by atoms with Crippen LogP contribution in [-0.2, 0) is 10.0 Å². The second kappa shape index (κ2) is 7.81. The molecule has 0 spiro atoms. The maximum absolute atomic E-state index is 12.1. The van der Waals surface area contributed by atoms with Gasteiger partial charge in [0.15, 0.2) is 0 Å². The van der Waals surface area contributed by atoms with Crippen LogP contribution in [0.2, 0.25) is 0 Å². The second-order valence-corrected chi connectivity index (χ2v) is 8.07. The Hall–Kier alpha value is -2.17. The summed E-state index contributed by atoms with van der Waals surface area (Å²) in [5.74, 6) is -1.18. The molecule has 0 fully saturated rings. The van der Waals surface area contributed by atoms with Gasteiger partial charge in [0, 0.05) is 22.3 Å². The third-order valence-electron chi connectivity index (χ3n) is 2.98. The van der Waals surface area contributed by atoms with Crippen molar-refractivity contribution in [2.45, 2.75) is 24.8 Å². The first kappa shape index (κ1) is 19.2. The van der Waals surface area contributed by atoms with Gasteiger partial charge in [-0.2, -0.15) is 0 Å². The van der Waals surface area contributed by atoms with Gasteiger partial charge >= 0.3 is 0 Å². The molecule has 0 bridgehead atoms. The molecule has 1 aromatic heterocycles. The maximum atomic E-state index is 12.1. The molecule has 134 valence electrons. The van der Waals surface area contributed by atoms with Crippen LogP contribution in [0, 0.1) is 0 Å². The lowest BCUT2D eigenvalue weighted by molar-refractivity contribution is 0.0844. The number of sulfonamides is 1. The van der Waals surface area contributed by atoms with Gasteiger partial charge in [0.25, 0.3) is 11.8 Å². The fourth-order valence-corrected chi connectivity index (χ4v) is 3.57. The summed E-state index contributed by atoms with van der Waals surface area (Å²) < 4.78 is 27.4. The Labute approximate surface area is 153 Å². The summed E-state index contributed by atoms with van der Waals surface area (Å²) in [6.07, 6.45) is 1.58. The summed E-state index contributed by atoms with van der Waals surface area (Å²) >= 11 is 3.20. The van der Waals surface area contributed by atoms with Gasteiger partial charge in [0.2, 0.25) is 10.0 Å². The predicted molar refractivity (Wildman–Crippen MR) is 95.3 cm³/mol. The van der Waals surface area contributed by atoms with Crippen molar-refractivity contribution < 1.29 is 18.0 Å². The Morgan fingerprint density at radius 2 is 1.80 bits per heavy atom. The van der Waals surface area contributed by atoms with Crippen LogP contribution in [0.4, 0.5) is 0 Å². The van der Waals surface area contributed by atoms with Gasteiger partial charge in [-0.25, -0.2) is 13.1 Å². The predicted octanol–water partition coefficient (Wildman–Crippen LogP) is 1.54. The summed E-state index contributed by atoms with van der Waals surface area (Å²) in [4.78, 5) is 26.7. The summed E-state index contributed by atoms with van der Waals surface area (Å²) in [6, 6.07) is 6.79. The molecule has 0 radical (unpaired) electrons. The highest BCUT2D eigenvalue weighted by Gasteiger charge is 2.17. The zero-order valence-corrected chi connectivity index (χ0v) is 15.9. The van der Waals surface area contributed by atoms with Crippen molar-refractivity contribution in [1.29, 1.82) is 0 Å². The van der Waals surface area contributed by atoms with Gasteiger partial charge in [-0.05, 0) is 54.0 Å². The third kappa shape index (κ3) is 5.15. The molecule has 1 aromatic carbocycles. The number of nitrogens with one attached hydrogen (secondary N) is 4. The Balaban J connectivity index is 2.07. The van der Waals surface area contributed by atoms with Crippen molar-refractivity contribution in [3.05, 3.63) is 52.3 Å². The van der Waals surface area contributed by atoms with Crippen molar-refractivity contribution in [2.24, 2.45) is 0 Å². The molecule has 2 rings (SSSR count). The molecule has 25 heavy (non-hydrogen) atoms. The van der Waals surface area contributed by atoms with Gasteiger partial charge in [-0.3, -0.25) is 20.4 Å². The first-order valence-corrected chi connectivity index (χ1v) is 9.53. The van der Waals surface area contributed by atoms with Crippen LogP contribution >= 0.6 is 15.9 Å².